The first-order chi connectivity index (χ1) is 13.0. The maximum Gasteiger partial charge on any atom is 0.257 e. The normalized spacial score (nSPS) is 17.0. The second-order valence-corrected chi connectivity index (χ2v) is 7.17. The molecule has 2 N–H and O–H groups in total. The van der Waals surface area contributed by atoms with Crippen LogP contribution in [0.5, 0.6) is 0 Å². The average Bonchev–Trinajstić information content (AvgIpc) is 3.17. The van der Waals surface area contributed by atoms with E-state index in [1.165, 1.54) is 0 Å². The highest BCUT2D eigenvalue weighted by Crippen LogP contribution is 2.17. The molecule has 2 aromatic carbocycles. The van der Waals surface area contributed by atoms with Gasteiger partial charge < -0.3 is 10.1 Å². The summed E-state index contributed by atoms with van der Waals surface area (Å²) in [6.07, 6.45) is 2.15. The second kappa shape index (κ2) is 9.02. The van der Waals surface area contributed by atoms with E-state index in [1.807, 2.05) is 26.0 Å². The Kier molecular flexibility index (Phi) is 6.48. The van der Waals surface area contributed by atoms with Crippen LogP contribution in [-0.4, -0.2) is 31.1 Å². The molecule has 27 heavy (non-hydrogen) atoms. The molecule has 1 fully saturated rings. The van der Waals surface area contributed by atoms with Crippen molar-refractivity contribution < 1.29 is 9.53 Å². The lowest BCUT2D eigenvalue weighted by Gasteiger charge is -2.15. The fourth-order valence-electron chi connectivity index (χ4n) is 2.87. The number of carbonyl (C=O) groups excluding carboxylic acids is 1. The average molecular weight is 386 g/mol. The summed E-state index contributed by atoms with van der Waals surface area (Å²) in [4.78, 5) is 17.2. The predicted octanol–water partition coefficient (Wildman–Crippen LogP) is 4.33. The van der Waals surface area contributed by atoms with E-state index in [9.17, 15) is 4.79 Å². The first-order valence-corrected chi connectivity index (χ1v) is 9.46. The van der Waals surface area contributed by atoms with Crippen molar-refractivity contribution in [3.05, 3.63) is 64.2 Å². The number of carbonyl (C=O) groups is 1. The van der Waals surface area contributed by atoms with Gasteiger partial charge in [-0.05, 0) is 68.1 Å². The first kappa shape index (κ1) is 19.4. The molecular formula is C21H24ClN3O2. The fraction of sp³-hybridized carbons (Fsp3) is 0.333. The van der Waals surface area contributed by atoms with E-state index in [0.29, 0.717) is 23.1 Å². The molecule has 1 heterocycles. The molecule has 1 aliphatic heterocycles. The highest BCUT2D eigenvalue weighted by Gasteiger charge is 2.16. The van der Waals surface area contributed by atoms with Crippen LogP contribution in [0.1, 0.15) is 34.3 Å². The van der Waals surface area contributed by atoms with Crippen molar-refractivity contribution >= 4 is 29.2 Å². The molecule has 1 unspecified atom stereocenters. The van der Waals surface area contributed by atoms with E-state index in [1.54, 1.807) is 24.3 Å². The van der Waals surface area contributed by atoms with Crippen molar-refractivity contribution in [2.24, 2.45) is 4.99 Å². The maximum absolute atomic E-state index is 12.6. The molecule has 2 aromatic rings. The summed E-state index contributed by atoms with van der Waals surface area (Å²) in [5, 5.41) is 6.72. The highest BCUT2D eigenvalue weighted by molar-refractivity contribution is 6.30. The lowest BCUT2D eigenvalue weighted by Crippen LogP contribution is -2.37. The van der Waals surface area contributed by atoms with Gasteiger partial charge >= 0.3 is 0 Å². The smallest absolute Gasteiger partial charge is 0.257 e. The summed E-state index contributed by atoms with van der Waals surface area (Å²) >= 11 is 5.90. The van der Waals surface area contributed by atoms with Gasteiger partial charge in [-0.15, -0.1) is 0 Å². The minimum Gasteiger partial charge on any atom is -0.376 e. The monoisotopic (exact) mass is 385 g/mol. The van der Waals surface area contributed by atoms with Crippen LogP contribution in [0.25, 0.3) is 0 Å². The summed E-state index contributed by atoms with van der Waals surface area (Å²) in [5.74, 6) is 0.176. The third-order valence-corrected chi connectivity index (χ3v) is 4.71. The zero-order valence-electron chi connectivity index (χ0n) is 15.6. The highest BCUT2D eigenvalue weighted by atomic mass is 35.5. The molecule has 1 atom stereocenters. The first-order valence-electron chi connectivity index (χ1n) is 9.08. The van der Waals surface area contributed by atoms with Gasteiger partial charge in [-0.3, -0.25) is 10.1 Å². The Morgan fingerprint density at radius 1 is 1.22 bits per heavy atom. The summed E-state index contributed by atoms with van der Waals surface area (Å²) in [6.45, 7) is 5.33. The number of rotatable bonds is 4. The fourth-order valence-corrected chi connectivity index (χ4v) is 3.00. The van der Waals surface area contributed by atoms with Crippen molar-refractivity contribution in [2.75, 3.05) is 18.5 Å². The molecule has 5 nitrogen and oxygen atoms in total. The van der Waals surface area contributed by atoms with E-state index in [0.717, 1.165) is 36.3 Å². The van der Waals surface area contributed by atoms with Crippen LogP contribution >= 0.6 is 11.6 Å². The van der Waals surface area contributed by atoms with Crippen molar-refractivity contribution in [1.29, 1.82) is 0 Å². The Morgan fingerprint density at radius 2 is 2.00 bits per heavy atom. The minimum absolute atomic E-state index is 0.104. The zero-order valence-corrected chi connectivity index (χ0v) is 16.3. The van der Waals surface area contributed by atoms with Crippen LogP contribution in [-0.2, 0) is 4.74 Å². The Morgan fingerprint density at radius 3 is 2.70 bits per heavy atom. The Bertz CT molecular complexity index is 828. The number of guanidine groups is 1. The van der Waals surface area contributed by atoms with Crippen molar-refractivity contribution in [3.8, 4) is 0 Å². The molecule has 3 rings (SSSR count). The number of amides is 1. The third-order valence-electron chi connectivity index (χ3n) is 4.46. The van der Waals surface area contributed by atoms with Gasteiger partial charge in [-0.2, -0.15) is 0 Å². The topological polar surface area (TPSA) is 62.7 Å². The molecule has 142 valence electrons. The lowest BCUT2D eigenvalue weighted by molar-refractivity contribution is 0.0975. The SMILES string of the molecule is Cc1ccc(C)c(NC(=NCC2CCCO2)NC(=O)c2ccc(Cl)cc2)c1. The molecule has 0 aromatic heterocycles. The third kappa shape index (κ3) is 5.55. The van der Waals surface area contributed by atoms with Crippen molar-refractivity contribution in [1.82, 2.24) is 5.32 Å². The second-order valence-electron chi connectivity index (χ2n) is 6.73. The van der Waals surface area contributed by atoms with E-state index in [-0.39, 0.29) is 12.0 Å². The predicted molar refractivity (Wildman–Crippen MR) is 110 cm³/mol. The van der Waals surface area contributed by atoms with Crippen LogP contribution in [0.15, 0.2) is 47.5 Å². The van der Waals surface area contributed by atoms with Gasteiger partial charge in [0.25, 0.3) is 5.91 Å². The summed E-state index contributed by atoms with van der Waals surface area (Å²) in [6, 6.07) is 12.9. The molecule has 0 aliphatic carbocycles. The molecule has 1 aliphatic rings. The Hall–Kier alpha value is -2.37. The molecule has 0 spiro atoms. The number of aliphatic imine (C=N–C) groups is 1. The van der Waals surface area contributed by atoms with Crippen molar-refractivity contribution in [2.45, 2.75) is 32.8 Å². The number of ether oxygens (including phenoxy) is 1. The largest absolute Gasteiger partial charge is 0.376 e. The summed E-state index contributed by atoms with van der Waals surface area (Å²) in [7, 11) is 0. The van der Waals surface area contributed by atoms with Gasteiger partial charge in [-0.25, -0.2) is 4.99 Å². The maximum atomic E-state index is 12.6. The van der Waals surface area contributed by atoms with Crippen molar-refractivity contribution in [3.63, 3.8) is 0 Å². The number of nitrogens with zero attached hydrogens (tertiary/aromatic N) is 1. The van der Waals surface area contributed by atoms with Crippen LogP contribution < -0.4 is 10.6 Å². The molecule has 0 saturated carbocycles. The van der Waals surface area contributed by atoms with Gasteiger partial charge in [0, 0.05) is 22.9 Å². The van der Waals surface area contributed by atoms with E-state index in [4.69, 9.17) is 16.3 Å². The van der Waals surface area contributed by atoms with Gasteiger partial charge in [0.2, 0.25) is 5.96 Å². The summed E-state index contributed by atoms with van der Waals surface area (Å²) in [5.41, 5.74) is 3.64. The molecule has 0 radical (unpaired) electrons. The van der Waals surface area contributed by atoms with Gasteiger partial charge in [0.1, 0.15) is 0 Å². The van der Waals surface area contributed by atoms with Gasteiger partial charge in [-0.1, -0.05) is 23.7 Å². The number of halogens is 1. The minimum atomic E-state index is -0.240. The van der Waals surface area contributed by atoms with Gasteiger partial charge in [0.05, 0.1) is 12.6 Å². The zero-order chi connectivity index (χ0) is 19.2. The molecular weight excluding hydrogens is 362 g/mol. The molecule has 1 amide bonds. The van der Waals surface area contributed by atoms with Crippen LogP contribution in [0.4, 0.5) is 5.69 Å². The number of anilines is 1. The number of benzene rings is 2. The summed E-state index contributed by atoms with van der Waals surface area (Å²) < 4.78 is 5.64. The lowest BCUT2D eigenvalue weighted by atomic mass is 10.1. The number of nitrogens with one attached hydrogen (secondary N) is 2. The van der Waals surface area contributed by atoms with Crippen LogP contribution in [0.3, 0.4) is 0 Å². The van der Waals surface area contributed by atoms with E-state index >= 15 is 0 Å². The molecule has 1 saturated heterocycles. The van der Waals surface area contributed by atoms with Crippen LogP contribution in [0, 0.1) is 13.8 Å². The number of aryl methyl sites for hydroxylation is 2. The molecule has 6 heteroatoms. The molecule has 0 bridgehead atoms. The van der Waals surface area contributed by atoms with E-state index < -0.39 is 0 Å². The van der Waals surface area contributed by atoms with Gasteiger partial charge in [0.15, 0.2) is 0 Å². The Balaban J connectivity index is 1.77. The Labute approximate surface area is 164 Å². The van der Waals surface area contributed by atoms with E-state index in [2.05, 4.69) is 21.7 Å². The number of hydrogen-bond acceptors (Lipinski definition) is 3. The standard InChI is InChI=1S/C21H24ClN3O2/c1-14-5-6-15(2)19(12-14)24-21(23-13-18-4-3-11-27-18)25-20(26)16-7-9-17(22)10-8-16/h5-10,12,18H,3-4,11,13H2,1-2H3,(H2,23,24,25,26). The number of hydrogen-bond donors (Lipinski definition) is 2. The quantitative estimate of drug-likeness (QED) is 0.608. The van der Waals surface area contributed by atoms with Crippen LogP contribution in [0.2, 0.25) is 5.02 Å².